The van der Waals surface area contributed by atoms with Gasteiger partial charge in [0.2, 0.25) is 5.91 Å². The molecule has 12 heavy (non-hydrogen) atoms. The third kappa shape index (κ3) is 16.4. The first kappa shape index (κ1) is 14.3. The Morgan fingerprint density at radius 2 is 2.17 bits per heavy atom. The molecular formula is C8H18ClNO2. The van der Waals surface area contributed by atoms with E-state index in [1.165, 1.54) is 0 Å². The molecule has 0 aliphatic rings. The second-order valence-corrected chi connectivity index (χ2v) is 2.71. The van der Waals surface area contributed by atoms with Gasteiger partial charge in [0, 0.05) is 7.05 Å². The minimum atomic E-state index is -0.142. The molecule has 0 saturated heterocycles. The fourth-order valence-electron chi connectivity index (χ4n) is 0.485. The highest BCUT2D eigenvalue weighted by Crippen LogP contribution is 1.91. The van der Waals surface area contributed by atoms with Crippen molar-refractivity contribution in [1.29, 1.82) is 0 Å². The van der Waals surface area contributed by atoms with Gasteiger partial charge in [-0.05, 0) is 13.3 Å². The number of aliphatic hydroxyl groups excluding tert-OH is 1. The van der Waals surface area contributed by atoms with E-state index >= 15 is 0 Å². The van der Waals surface area contributed by atoms with E-state index in [1.807, 2.05) is 6.92 Å². The van der Waals surface area contributed by atoms with Gasteiger partial charge in [0.05, 0.1) is 6.10 Å². The van der Waals surface area contributed by atoms with Gasteiger partial charge in [0.15, 0.2) is 0 Å². The van der Waals surface area contributed by atoms with Crippen LogP contribution in [0.5, 0.6) is 0 Å². The number of amides is 1. The van der Waals surface area contributed by atoms with E-state index in [1.54, 1.807) is 7.05 Å². The molecule has 0 rings (SSSR count). The Balaban J connectivity index is 0. The SMILES string of the molecule is CCCC(C)O.CNC(=O)CCl. The van der Waals surface area contributed by atoms with E-state index in [2.05, 4.69) is 12.2 Å². The van der Waals surface area contributed by atoms with E-state index < -0.39 is 0 Å². The largest absolute Gasteiger partial charge is 0.393 e. The van der Waals surface area contributed by atoms with Crippen LogP contribution in [0.1, 0.15) is 26.7 Å². The zero-order valence-corrected chi connectivity index (χ0v) is 8.69. The molecule has 0 fully saturated rings. The van der Waals surface area contributed by atoms with Gasteiger partial charge in [-0.2, -0.15) is 0 Å². The van der Waals surface area contributed by atoms with E-state index in [0.29, 0.717) is 0 Å². The van der Waals surface area contributed by atoms with Crippen molar-refractivity contribution in [2.24, 2.45) is 0 Å². The van der Waals surface area contributed by atoms with Gasteiger partial charge in [0.25, 0.3) is 0 Å². The van der Waals surface area contributed by atoms with Gasteiger partial charge < -0.3 is 10.4 Å². The van der Waals surface area contributed by atoms with Crippen molar-refractivity contribution in [3.63, 3.8) is 0 Å². The second kappa shape index (κ2) is 10.7. The Labute approximate surface area is 79.1 Å². The summed E-state index contributed by atoms with van der Waals surface area (Å²) < 4.78 is 0. The summed E-state index contributed by atoms with van der Waals surface area (Å²) in [6, 6.07) is 0. The maximum atomic E-state index is 9.94. The molecule has 3 nitrogen and oxygen atoms in total. The Hall–Kier alpha value is -0.280. The second-order valence-electron chi connectivity index (χ2n) is 2.44. The quantitative estimate of drug-likeness (QED) is 0.664. The highest BCUT2D eigenvalue weighted by molar-refractivity contribution is 6.27. The van der Waals surface area contributed by atoms with Crippen molar-refractivity contribution in [3.8, 4) is 0 Å². The van der Waals surface area contributed by atoms with Crippen molar-refractivity contribution in [3.05, 3.63) is 0 Å². The van der Waals surface area contributed by atoms with Crippen molar-refractivity contribution >= 4 is 17.5 Å². The maximum Gasteiger partial charge on any atom is 0.234 e. The molecule has 1 amide bonds. The van der Waals surface area contributed by atoms with Crippen LogP contribution in [0.15, 0.2) is 0 Å². The van der Waals surface area contributed by atoms with Gasteiger partial charge >= 0.3 is 0 Å². The normalized spacial score (nSPS) is 11.1. The van der Waals surface area contributed by atoms with Crippen molar-refractivity contribution in [2.45, 2.75) is 32.8 Å². The smallest absolute Gasteiger partial charge is 0.234 e. The number of halogens is 1. The minimum absolute atomic E-state index is 0.0521. The number of alkyl halides is 1. The van der Waals surface area contributed by atoms with E-state index in [4.69, 9.17) is 16.7 Å². The predicted molar refractivity (Wildman–Crippen MR) is 51.4 cm³/mol. The monoisotopic (exact) mass is 195 g/mol. The van der Waals surface area contributed by atoms with Crippen molar-refractivity contribution < 1.29 is 9.90 Å². The van der Waals surface area contributed by atoms with Gasteiger partial charge in [-0.15, -0.1) is 11.6 Å². The molecule has 0 spiro atoms. The zero-order valence-electron chi connectivity index (χ0n) is 7.93. The van der Waals surface area contributed by atoms with E-state index in [0.717, 1.165) is 12.8 Å². The van der Waals surface area contributed by atoms with Crippen molar-refractivity contribution in [1.82, 2.24) is 5.32 Å². The van der Waals surface area contributed by atoms with Crippen LogP contribution < -0.4 is 5.32 Å². The van der Waals surface area contributed by atoms with Crippen molar-refractivity contribution in [2.75, 3.05) is 12.9 Å². The lowest BCUT2D eigenvalue weighted by Gasteiger charge is -1.95. The molecule has 0 aromatic rings. The molecule has 4 heteroatoms. The summed E-state index contributed by atoms with van der Waals surface area (Å²) in [6.07, 6.45) is 1.91. The molecule has 0 bridgehead atoms. The molecule has 2 N–H and O–H groups in total. The summed E-state index contributed by atoms with van der Waals surface area (Å²) in [5, 5.41) is 10.9. The lowest BCUT2D eigenvalue weighted by atomic mass is 10.2. The molecule has 0 aliphatic heterocycles. The van der Waals surface area contributed by atoms with Crippen LogP contribution in [0.3, 0.4) is 0 Å². The number of carbonyl (C=O) groups excluding carboxylic acids is 1. The number of rotatable bonds is 3. The summed E-state index contributed by atoms with van der Waals surface area (Å²) >= 11 is 5.04. The molecular weight excluding hydrogens is 178 g/mol. The highest BCUT2D eigenvalue weighted by atomic mass is 35.5. The molecule has 0 saturated carbocycles. The molecule has 0 aromatic heterocycles. The fourth-order valence-corrected chi connectivity index (χ4v) is 0.618. The predicted octanol–water partition coefficient (Wildman–Crippen LogP) is 1.14. The Morgan fingerprint density at radius 3 is 2.17 bits per heavy atom. The van der Waals surface area contributed by atoms with Crippen LogP contribution in [0.2, 0.25) is 0 Å². The molecule has 74 valence electrons. The van der Waals surface area contributed by atoms with Gasteiger partial charge in [0.1, 0.15) is 5.88 Å². The third-order valence-electron chi connectivity index (χ3n) is 1.11. The number of aliphatic hydroxyl groups is 1. The maximum absolute atomic E-state index is 9.94. The van der Waals surface area contributed by atoms with Crippen LogP contribution in [0, 0.1) is 0 Å². The lowest BCUT2D eigenvalue weighted by Crippen LogP contribution is -2.18. The number of nitrogens with one attached hydrogen (secondary N) is 1. The van der Waals surface area contributed by atoms with Crippen LogP contribution in [-0.4, -0.2) is 30.0 Å². The fraction of sp³-hybridized carbons (Fsp3) is 0.875. The third-order valence-corrected chi connectivity index (χ3v) is 1.35. The standard InChI is InChI=1S/C5H12O.C3H6ClNO/c1-3-4-5(2)6;1-5-3(6)2-4/h5-6H,3-4H2,1-2H3;2H2,1H3,(H,5,6). The molecule has 1 atom stereocenters. The summed E-state index contributed by atoms with van der Waals surface area (Å²) in [5.41, 5.74) is 0. The average Bonchev–Trinajstić information content (AvgIpc) is 2.04. The Kier molecular flexibility index (Phi) is 12.7. The Morgan fingerprint density at radius 1 is 1.67 bits per heavy atom. The van der Waals surface area contributed by atoms with Gasteiger partial charge in [-0.1, -0.05) is 13.3 Å². The molecule has 0 aliphatic carbocycles. The average molecular weight is 196 g/mol. The first-order valence-corrected chi connectivity index (χ1v) is 4.56. The van der Waals surface area contributed by atoms with E-state index in [9.17, 15) is 4.79 Å². The number of carbonyl (C=O) groups is 1. The Bertz CT molecular complexity index is 101. The van der Waals surface area contributed by atoms with Gasteiger partial charge in [-0.25, -0.2) is 0 Å². The summed E-state index contributed by atoms with van der Waals surface area (Å²) in [6.45, 7) is 3.87. The first-order valence-electron chi connectivity index (χ1n) is 4.03. The van der Waals surface area contributed by atoms with E-state index in [-0.39, 0.29) is 17.9 Å². The number of hydrogen-bond donors (Lipinski definition) is 2. The highest BCUT2D eigenvalue weighted by Gasteiger charge is 1.87. The van der Waals surface area contributed by atoms with Crippen LogP contribution in [0.25, 0.3) is 0 Å². The first-order chi connectivity index (χ1) is 5.58. The van der Waals surface area contributed by atoms with Crippen LogP contribution in [0.4, 0.5) is 0 Å². The summed E-state index contributed by atoms with van der Waals surface area (Å²) in [5.74, 6) is -0.0899. The molecule has 1 unspecified atom stereocenters. The zero-order chi connectivity index (χ0) is 9.98. The lowest BCUT2D eigenvalue weighted by molar-refractivity contribution is -0.118. The summed E-state index contributed by atoms with van der Waals surface area (Å²) in [7, 11) is 1.55. The molecule has 0 aromatic carbocycles. The topological polar surface area (TPSA) is 49.3 Å². The van der Waals surface area contributed by atoms with Gasteiger partial charge in [-0.3, -0.25) is 4.79 Å². The number of hydrogen-bond acceptors (Lipinski definition) is 2. The summed E-state index contributed by atoms with van der Waals surface area (Å²) in [4.78, 5) is 9.94. The van der Waals surface area contributed by atoms with Crippen LogP contribution in [-0.2, 0) is 4.79 Å². The minimum Gasteiger partial charge on any atom is -0.393 e. The molecule has 0 radical (unpaired) electrons. The molecule has 0 heterocycles. The van der Waals surface area contributed by atoms with Crippen LogP contribution >= 0.6 is 11.6 Å².